The molecule has 0 fully saturated rings. The Morgan fingerprint density at radius 1 is 1.33 bits per heavy atom. The molecule has 1 unspecified atom stereocenters. The Morgan fingerprint density at radius 3 is 2.48 bits per heavy atom. The van der Waals surface area contributed by atoms with Crippen molar-refractivity contribution in [2.45, 2.75) is 45.1 Å². The standard InChI is InChI=1S/C15H27N3O2S/c1-6-12(3)18(5)8-7-17-21(19,20)14-9-11(2)13(4)15(16)10-14/h9-10,12,17H,6-8,16H2,1-5H3. The third kappa shape index (κ3) is 4.69. The van der Waals surface area contributed by atoms with Gasteiger partial charge in [0.05, 0.1) is 4.90 Å². The molecule has 0 bridgehead atoms. The van der Waals surface area contributed by atoms with E-state index >= 15 is 0 Å². The van der Waals surface area contributed by atoms with Gasteiger partial charge in [0.25, 0.3) is 0 Å². The van der Waals surface area contributed by atoms with Gasteiger partial charge in [-0.05, 0) is 57.5 Å². The molecule has 0 aliphatic heterocycles. The van der Waals surface area contributed by atoms with E-state index in [2.05, 4.69) is 23.5 Å². The summed E-state index contributed by atoms with van der Waals surface area (Å²) in [6, 6.07) is 3.61. The first-order chi connectivity index (χ1) is 9.69. The van der Waals surface area contributed by atoms with E-state index in [1.807, 2.05) is 20.9 Å². The van der Waals surface area contributed by atoms with E-state index in [0.717, 1.165) is 17.5 Å². The van der Waals surface area contributed by atoms with Crippen LogP contribution in [0, 0.1) is 13.8 Å². The molecule has 0 saturated heterocycles. The Hall–Kier alpha value is -1.11. The lowest BCUT2D eigenvalue weighted by atomic mass is 10.1. The van der Waals surface area contributed by atoms with E-state index in [1.54, 1.807) is 6.07 Å². The molecule has 0 heterocycles. The molecule has 0 aromatic heterocycles. The largest absolute Gasteiger partial charge is 0.398 e. The Kier molecular flexibility index (Phi) is 6.19. The number of nitrogens with zero attached hydrogens (tertiary/aromatic N) is 1. The molecule has 3 N–H and O–H groups in total. The van der Waals surface area contributed by atoms with Gasteiger partial charge in [-0.25, -0.2) is 13.1 Å². The number of anilines is 1. The van der Waals surface area contributed by atoms with Crippen molar-refractivity contribution in [1.82, 2.24) is 9.62 Å². The second-order valence-corrected chi connectivity index (χ2v) is 7.36. The Labute approximate surface area is 128 Å². The second-order valence-electron chi connectivity index (χ2n) is 5.59. The number of nitrogens with one attached hydrogen (secondary N) is 1. The number of rotatable bonds is 7. The fourth-order valence-corrected chi connectivity index (χ4v) is 3.12. The third-order valence-corrected chi connectivity index (χ3v) is 5.53. The highest BCUT2D eigenvalue weighted by Crippen LogP contribution is 2.21. The highest BCUT2D eigenvalue weighted by Gasteiger charge is 2.16. The molecule has 0 amide bonds. The number of likely N-dealkylation sites (N-methyl/N-ethyl adjacent to an activating group) is 1. The van der Waals surface area contributed by atoms with Crippen LogP contribution in [0.1, 0.15) is 31.4 Å². The number of benzene rings is 1. The maximum Gasteiger partial charge on any atom is 0.240 e. The van der Waals surface area contributed by atoms with E-state index in [-0.39, 0.29) is 4.90 Å². The average molecular weight is 313 g/mol. The van der Waals surface area contributed by atoms with Crippen LogP contribution in [-0.2, 0) is 10.0 Å². The maximum atomic E-state index is 12.3. The molecular weight excluding hydrogens is 286 g/mol. The highest BCUT2D eigenvalue weighted by atomic mass is 32.2. The van der Waals surface area contributed by atoms with Gasteiger partial charge in [0.2, 0.25) is 10.0 Å². The van der Waals surface area contributed by atoms with Crippen molar-refractivity contribution < 1.29 is 8.42 Å². The lowest BCUT2D eigenvalue weighted by Gasteiger charge is -2.23. The van der Waals surface area contributed by atoms with Crippen molar-refractivity contribution in [2.75, 3.05) is 25.9 Å². The van der Waals surface area contributed by atoms with Crippen molar-refractivity contribution in [3.63, 3.8) is 0 Å². The number of sulfonamides is 1. The molecule has 1 rings (SSSR count). The first-order valence-corrected chi connectivity index (χ1v) is 8.74. The van der Waals surface area contributed by atoms with Gasteiger partial charge < -0.3 is 10.6 Å². The van der Waals surface area contributed by atoms with Crippen LogP contribution in [-0.4, -0.2) is 39.5 Å². The molecular formula is C15H27N3O2S. The van der Waals surface area contributed by atoms with Crippen molar-refractivity contribution in [3.05, 3.63) is 23.3 Å². The second kappa shape index (κ2) is 7.24. The van der Waals surface area contributed by atoms with Crippen LogP contribution in [0.5, 0.6) is 0 Å². The van der Waals surface area contributed by atoms with Gasteiger partial charge in [0.15, 0.2) is 0 Å². The molecule has 1 aromatic rings. The number of hydrogen-bond acceptors (Lipinski definition) is 4. The molecule has 5 nitrogen and oxygen atoms in total. The van der Waals surface area contributed by atoms with Gasteiger partial charge >= 0.3 is 0 Å². The third-order valence-electron chi connectivity index (χ3n) is 4.09. The molecule has 0 saturated carbocycles. The van der Waals surface area contributed by atoms with Gasteiger partial charge in [-0.1, -0.05) is 6.92 Å². The zero-order valence-electron chi connectivity index (χ0n) is 13.6. The number of nitrogen functional groups attached to an aromatic ring is 1. The zero-order valence-corrected chi connectivity index (χ0v) is 14.4. The van der Waals surface area contributed by atoms with Crippen LogP contribution in [0.15, 0.2) is 17.0 Å². The normalized spacial score (nSPS) is 13.6. The summed E-state index contributed by atoms with van der Waals surface area (Å²) in [6.07, 6.45) is 1.04. The summed E-state index contributed by atoms with van der Waals surface area (Å²) < 4.78 is 27.2. The van der Waals surface area contributed by atoms with Gasteiger partial charge in [-0.15, -0.1) is 0 Å². The molecule has 1 atom stereocenters. The van der Waals surface area contributed by atoms with E-state index in [0.29, 0.717) is 24.8 Å². The van der Waals surface area contributed by atoms with Crippen molar-refractivity contribution in [3.8, 4) is 0 Å². The molecule has 6 heteroatoms. The minimum absolute atomic E-state index is 0.231. The first kappa shape index (κ1) is 17.9. The fraction of sp³-hybridized carbons (Fsp3) is 0.600. The topological polar surface area (TPSA) is 75.4 Å². The Balaban J connectivity index is 2.75. The number of hydrogen-bond donors (Lipinski definition) is 2. The first-order valence-electron chi connectivity index (χ1n) is 7.25. The summed E-state index contributed by atoms with van der Waals surface area (Å²) in [7, 11) is -1.51. The van der Waals surface area contributed by atoms with Gasteiger partial charge in [-0.3, -0.25) is 0 Å². The average Bonchev–Trinajstić information content (AvgIpc) is 2.42. The van der Waals surface area contributed by atoms with E-state index in [4.69, 9.17) is 5.73 Å². The predicted octanol–water partition coefficient (Wildman–Crippen LogP) is 1.89. The summed E-state index contributed by atoms with van der Waals surface area (Å²) in [5.41, 5.74) is 8.16. The van der Waals surface area contributed by atoms with Crippen LogP contribution in [0.4, 0.5) is 5.69 Å². The summed E-state index contributed by atoms with van der Waals surface area (Å²) in [5.74, 6) is 0. The van der Waals surface area contributed by atoms with Crippen LogP contribution < -0.4 is 10.5 Å². The predicted molar refractivity (Wildman–Crippen MR) is 87.9 cm³/mol. The number of nitrogens with two attached hydrogens (primary N) is 1. The van der Waals surface area contributed by atoms with Crippen molar-refractivity contribution in [1.29, 1.82) is 0 Å². The summed E-state index contributed by atoms with van der Waals surface area (Å²) in [6.45, 7) is 9.04. The minimum Gasteiger partial charge on any atom is -0.398 e. The molecule has 0 aliphatic rings. The quantitative estimate of drug-likeness (QED) is 0.754. The summed E-state index contributed by atoms with van der Waals surface area (Å²) in [4.78, 5) is 2.37. The number of aryl methyl sites for hydroxylation is 1. The lowest BCUT2D eigenvalue weighted by molar-refractivity contribution is 0.256. The maximum absolute atomic E-state index is 12.3. The molecule has 21 heavy (non-hydrogen) atoms. The van der Waals surface area contributed by atoms with Crippen LogP contribution >= 0.6 is 0 Å². The van der Waals surface area contributed by atoms with Crippen molar-refractivity contribution >= 4 is 15.7 Å². The van der Waals surface area contributed by atoms with E-state index in [1.165, 1.54) is 6.07 Å². The zero-order chi connectivity index (χ0) is 16.2. The minimum atomic E-state index is -3.51. The molecule has 0 spiro atoms. The van der Waals surface area contributed by atoms with Gasteiger partial charge in [-0.2, -0.15) is 0 Å². The molecule has 0 radical (unpaired) electrons. The Bertz CT molecular complexity index is 562. The van der Waals surface area contributed by atoms with Crippen LogP contribution in [0.3, 0.4) is 0 Å². The van der Waals surface area contributed by atoms with Crippen LogP contribution in [0.2, 0.25) is 0 Å². The van der Waals surface area contributed by atoms with E-state index in [9.17, 15) is 8.42 Å². The Morgan fingerprint density at radius 2 is 1.95 bits per heavy atom. The molecule has 1 aromatic carbocycles. The fourth-order valence-electron chi connectivity index (χ4n) is 1.98. The monoisotopic (exact) mass is 313 g/mol. The van der Waals surface area contributed by atoms with E-state index < -0.39 is 10.0 Å². The smallest absolute Gasteiger partial charge is 0.240 e. The molecule has 0 aliphatic carbocycles. The van der Waals surface area contributed by atoms with Crippen molar-refractivity contribution in [2.24, 2.45) is 0 Å². The lowest BCUT2D eigenvalue weighted by Crippen LogP contribution is -2.37. The van der Waals surface area contributed by atoms with Gasteiger partial charge in [0, 0.05) is 24.8 Å². The highest BCUT2D eigenvalue weighted by molar-refractivity contribution is 7.89. The summed E-state index contributed by atoms with van der Waals surface area (Å²) in [5, 5.41) is 0. The van der Waals surface area contributed by atoms with Gasteiger partial charge in [0.1, 0.15) is 0 Å². The van der Waals surface area contributed by atoms with Crippen LogP contribution in [0.25, 0.3) is 0 Å². The molecule has 120 valence electrons. The summed E-state index contributed by atoms with van der Waals surface area (Å²) >= 11 is 0. The SMILES string of the molecule is CCC(C)N(C)CCNS(=O)(=O)c1cc(C)c(C)c(N)c1.